The maximum absolute atomic E-state index is 12.2. The molecule has 3 N–H and O–H groups in total. The average Bonchev–Trinajstić information content (AvgIpc) is 2.72. The highest BCUT2D eigenvalue weighted by molar-refractivity contribution is 7.80. The third-order valence-electron chi connectivity index (χ3n) is 3.92. The number of amides is 2. The molecule has 0 saturated heterocycles. The van der Waals surface area contributed by atoms with E-state index in [1.54, 1.807) is 24.3 Å². The van der Waals surface area contributed by atoms with Crippen LogP contribution in [-0.2, 0) is 0 Å². The number of thiocarbonyl (C=S) groups is 1. The largest absolute Gasteiger partial charge is 0.494 e. The summed E-state index contributed by atoms with van der Waals surface area (Å²) < 4.78 is 5.60. The molecule has 0 heterocycles. The number of nitro groups is 1. The SMILES string of the molecule is CC(C)CCOc1ccc(C(=O)NNC(=S)NC(=O)c2cccc([N+](=O)[O-])c2)cc1. The number of nitrogens with one attached hydrogen (secondary N) is 3. The van der Waals surface area contributed by atoms with Crippen molar-refractivity contribution in [1.29, 1.82) is 0 Å². The number of nitrogens with zero attached hydrogens (tertiary/aromatic N) is 1. The molecule has 30 heavy (non-hydrogen) atoms. The van der Waals surface area contributed by atoms with E-state index in [1.807, 2.05) is 0 Å². The fraction of sp³-hybridized carbons (Fsp3) is 0.250. The smallest absolute Gasteiger partial charge is 0.270 e. The fourth-order valence-corrected chi connectivity index (χ4v) is 2.41. The molecule has 0 radical (unpaired) electrons. The van der Waals surface area contributed by atoms with Crippen molar-refractivity contribution in [3.05, 3.63) is 69.8 Å². The van der Waals surface area contributed by atoms with E-state index in [2.05, 4.69) is 30.0 Å². The molecule has 0 fully saturated rings. The van der Waals surface area contributed by atoms with Crippen molar-refractivity contribution in [1.82, 2.24) is 16.2 Å². The molecule has 2 aromatic rings. The van der Waals surface area contributed by atoms with Crippen LogP contribution in [0.5, 0.6) is 5.75 Å². The second-order valence-electron chi connectivity index (χ2n) is 6.73. The molecule has 10 heteroatoms. The quantitative estimate of drug-likeness (QED) is 0.351. The number of carbonyl (C=O) groups is 2. The van der Waals surface area contributed by atoms with Gasteiger partial charge in [-0.25, -0.2) is 0 Å². The Hall–Kier alpha value is -3.53. The highest BCUT2D eigenvalue weighted by atomic mass is 32.1. The zero-order chi connectivity index (χ0) is 22.1. The first-order chi connectivity index (χ1) is 14.3. The van der Waals surface area contributed by atoms with Crippen LogP contribution in [0, 0.1) is 16.0 Å². The normalized spacial score (nSPS) is 10.2. The summed E-state index contributed by atoms with van der Waals surface area (Å²) in [6.45, 7) is 4.82. The standard InChI is InChI=1S/C20H22N4O5S/c1-13(2)10-11-29-17-8-6-14(7-9-17)19(26)22-23-20(30)21-18(25)15-4-3-5-16(12-15)24(27)28/h3-9,12-13H,10-11H2,1-2H3,(H,22,26)(H2,21,23,25,30). The predicted octanol–water partition coefficient (Wildman–Crippen LogP) is 2.97. The van der Waals surface area contributed by atoms with Crippen LogP contribution in [0.4, 0.5) is 5.69 Å². The van der Waals surface area contributed by atoms with Gasteiger partial charge in [0.25, 0.3) is 17.5 Å². The molecule has 0 spiro atoms. The fourth-order valence-electron chi connectivity index (χ4n) is 2.27. The first kappa shape index (κ1) is 22.8. The van der Waals surface area contributed by atoms with Crippen LogP contribution in [0.15, 0.2) is 48.5 Å². The van der Waals surface area contributed by atoms with Gasteiger partial charge in [-0.05, 0) is 54.9 Å². The second kappa shape index (κ2) is 10.9. The van der Waals surface area contributed by atoms with Crippen molar-refractivity contribution >= 4 is 34.8 Å². The Balaban J connectivity index is 1.82. The van der Waals surface area contributed by atoms with Crippen molar-refractivity contribution in [2.75, 3.05) is 6.61 Å². The van der Waals surface area contributed by atoms with E-state index in [1.165, 1.54) is 18.2 Å². The van der Waals surface area contributed by atoms with E-state index >= 15 is 0 Å². The van der Waals surface area contributed by atoms with Gasteiger partial charge in [0.15, 0.2) is 5.11 Å². The third-order valence-corrected chi connectivity index (χ3v) is 4.12. The van der Waals surface area contributed by atoms with Gasteiger partial charge in [-0.2, -0.15) is 0 Å². The van der Waals surface area contributed by atoms with Gasteiger partial charge in [0.1, 0.15) is 5.75 Å². The summed E-state index contributed by atoms with van der Waals surface area (Å²) >= 11 is 4.96. The molecule has 0 saturated carbocycles. The van der Waals surface area contributed by atoms with Gasteiger partial charge in [-0.3, -0.25) is 35.9 Å². The van der Waals surface area contributed by atoms with E-state index in [9.17, 15) is 19.7 Å². The average molecular weight is 430 g/mol. The Kier molecular flexibility index (Phi) is 8.24. The Labute approximate surface area is 178 Å². The summed E-state index contributed by atoms with van der Waals surface area (Å²) in [6.07, 6.45) is 0.936. The van der Waals surface area contributed by atoms with E-state index in [4.69, 9.17) is 17.0 Å². The van der Waals surface area contributed by atoms with Crippen LogP contribution < -0.4 is 20.9 Å². The molecule has 0 atom stereocenters. The number of ether oxygens (including phenoxy) is 1. The van der Waals surface area contributed by atoms with Crippen LogP contribution in [0.1, 0.15) is 41.0 Å². The molecular weight excluding hydrogens is 408 g/mol. The van der Waals surface area contributed by atoms with E-state index < -0.39 is 16.7 Å². The lowest BCUT2D eigenvalue weighted by Gasteiger charge is -2.11. The molecule has 2 rings (SSSR count). The molecule has 0 aliphatic rings. The molecule has 2 aromatic carbocycles. The Morgan fingerprint density at radius 1 is 1.07 bits per heavy atom. The highest BCUT2D eigenvalue weighted by Gasteiger charge is 2.13. The third kappa shape index (κ3) is 7.13. The summed E-state index contributed by atoms with van der Waals surface area (Å²) in [7, 11) is 0. The van der Waals surface area contributed by atoms with Crippen molar-refractivity contribution in [3.8, 4) is 5.75 Å². The van der Waals surface area contributed by atoms with Gasteiger partial charge < -0.3 is 4.74 Å². The van der Waals surface area contributed by atoms with Gasteiger partial charge in [0, 0.05) is 23.3 Å². The Morgan fingerprint density at radius 3 is 2.40 bits per heavy atom. The van der Waals surface area contributed by atoms with Gasteiger partial charge in [0.05, 0.1) is 11.5 Å². The molecule has 0 unspecified atom stereocenters. The van der Waals surface area contributed by atoms with Crippen molar-refractivity contribution in [3.63, 3.8) is 0 Å². The van der Waals surface area contributed by atoms with Gasteiger partial charge in [-0.1, -0.05) is 19.9 Å². The lowest BCUT2D eigenvalue weighted by Crippen LogP contribution is -2.48. The number of non-ortho nitro benzene ring substituents is 1. The van der Waals surface area contributed by atoms with E-state index in [0.29, 0.717) is 23.8 Å². The Bertz CT molecular complexity index is 931. The van der Waals surface area contributed by atoms with Crippen LogP contribution >= 0.6 is 12.2 Å². The number of hydrogen-bond donors (Lipinski definition) is 3. The zero-order valence-electron chi connectivity index (χ0n) is 16.5. The summed E-state index contributed by atoms with van der Waals surface area (Å²) in [5.41, 5.74) is 5.00. The lowest BCUT2D eigenvalue weighted by atomic mass is 10.1. The highest BCUT2D eigenvalue weighted by Crippen LogP contribution is 2.14. The number of carbonyl (C=O) groups excluding carboxylic acids is 2. The molecule has 9 nitrogen and oxygen atoms in total. The summed E-state index contributed by atoms with van der Waals surface area (Å²) in [6, 6.07) is 11.8. The topological polar surface area (TPSA) is 123 Å². The van der Waals surface area contributed by atoms with E-state index in [-0.39, 0.29) is 16.4 Å². The molecule has 0 aliphatic heterocycles. The van der Waals surface area contributed by atoms with Gasteiger partial charge in [0.2, 0.25) is 0 Å². The summed E-state index contributed by atoms with van der Waals surface area (Å²) in [4.78, 5) is 34.5. The Morgan fingerprint density at radius 2 is 1.77 bits per heavy atom. The van der Waals surface area contributed by atoms with Crippen LogP contribution in [0.25, 0.3) is 0 Å². The minimum Gasteiger partial charge on any atom is -0.494 e. The molecule has 2 amide bonds. The van der Waals surface area contributed by atoms with Crippen molar-refractivity contribution in [2.24, 2.45) is 5.92 Å². The van der Waals surface area contributed by atoms with Crippen molar-refractivity contribution < 1.29 is 19.2 Å². The lowest BCUT2D eigenvalue weighted by molar-refractivity contribution is -0.384. The maximum Gasteiger partial charge on any atom is 0.270 e. The first-order valence-corrected chi connectivity index (χ1v) is 9.56. The molecule has 0 bridgehead atoms. The summed E-state index contributed by atoms with van der Waals surface area (Å²) in [5, 5.41) is 13.0. The molecule has 0 aromatic heterocycles. The monoisotopic (exact) mass is 430 g/mol. The summed E-state index contributed by atoms with van der Waals surface area (Å²) in [5.74, 6) is 0.103. The minimum absolute atomic E-state index is 0.0627. The number of nitro benzene ring substituents is 1. The van der Waals surface area contributed by atoms with Crippen LogP contribution in [0.2, 0.25) is 0 Å². The van der Waals surface area contributed by atoms with Gasteiger partial charge in [-0.15, -0.1) is 0 Å². The number of benzene rings is 2. The zero-order valence-corrected chi connectivity index (χ0v) is 17.3. The van der Waals surface area contributed by atoms with Crippen molar-refractivity contribution in [2.45, 2.75) is 20.3 Å². The van der Waals surface area contributed by atoms with Crippen LogP contribution in [-0.4, -0.2) is 28.5 Å². The molecule has 158 valence electrons. The van der Waals surface area contributed by atoms with Gasteiger partial charge >= 0.3 is 0 Å². The molecule has 0 aliphatic carbocycles. The molecular formula is C20H22N4O5S. The van der Waals surface area contributed by atoms with Crippen LogP contribution in [0.3, 0.4) is 0 Å². The number of hydrazine groups is 1. The predicted molar refractivity (Wildman–Crippen MR) is 115 cm³/mol. The first-order valence-electron chi connectivity index (χ1n) is 9.15. The second-order valence-corrected chi connectivity index (χ2v) is 7.13. The maximum atomic E-state index is 12.2. The van der Waals surface area contributed by atoms with E-state index in [0.717, 1.165) is 12.5 Å². The number of rotatable bonds is 7. The number of hydrogen-bond acceptors (Lipinski definition) is 6. The minimum atomic E-state index is -0.645.